The second-order valence-electron chi connectivity index (χ2n) is 2.65. The number of hydrogen-bond donors (Lipinski definition) is 0. The maximum atomic E-state index is 10.9. The minimum absolute atomic E-state index is 0.0635. The van der Waals surface area contributed by atoms with E-state index < -0.39 is 0 Å². The van der Waals surface area contributed by atoms with Crippen molar-refractivity contribution in [3.05, 3.63) is 12.2 Å². The molecule has 0 bridgehead atoms. The lowest BCUT2D eigenvalue weighted by atomic mass is 10.1. The van der Waals surface area contributed by atoms with Gasteiger partial charge in [-0.2, -0.15) is 0 Å². The second-order valence-corrected chi connectivity index (χ2v) is 2.65. The number of ketones is 1. The van der Waals surface area contributed by atoms with Crippen LogP contribution in [0.4, 0.5) is 0 Å². The number of carbonyl (C=O) groups excluding carboxylic acids is 1. The van der Waals surface area contributed by atoms with Crippen molar-refractivity contribution in [3.8, 4) is 0 Å². The van der Waals surface area contributed by atoms with Crippen LogP contribution in [0.5, 0.6) is 0 Å². The maximum absolute atomic E-state index is 10.9. The number of allylic oxidation sites excluding steroid dienone is 1. The van der Waals surface area contributed by atoms with Crippen molar-refractivity contribution in [2.24, 2.45) is 5.16 Å². The normalized spacial score (nSPS) is 11.1. The summed E-state index contributed by atoms with van der Waals surface area (Å²) in [5, 5.41) is 3.69. The molecule has 68 valence electrons. The van der Waals surface area contributed by atoms with Gasteiger partial charge in [-0.15, -0.1) is 0 Å². The zero-order valence-electron chi connectivity index (χ0n) is 7.89. The minimum atomic E-state index is -0.0635. The van der Waals surface area contributed by atoms with Crippen LogP contribution < -0.4 is 0 Å². The fraction of sp³-hybridized carbons (Fsp3) is 0.556. The Hall–Kier alpha value is -1.12. The van der Waals surface area contributed by atoms with Gasteiger partial charge in [0.2, 0.25) is 0 Å². The van der Waals surface area contributed by atoms with E-state index in [2.05, 4.69) is 11.7 Å². The van der Waals surface area contributed by atoms with Gasteiger partial charge in [0.1, 0.15) is 12.3 Å². The second kappa shape index (κ2) is 5.52. The summed E-state index contributed by atoms with van der Waals surface area (Å²) in [6.07, 6.45) is 0.495. The van der Waals surface area contributed by atoms with Crippen LogP contribution in [0, 0.1) is 0 Å². The highest BCUT2D eigenvalue weighted by Gasteiger charge is 2.06. The Labute approximate surface area is 73.1 Å². The molecule has 0 unspecified atom stereocenters. The van der Waals surface area contributed by atoms with Crippen LogP contribution in [-0.4, -0.2) is 18.1 Å². The van der Waals surface area contributed by atoms with Gasteiger partial charge in [-0.25, -0.2) is 0 Å². The highest BCUT2D eigenvalue weighted by atomic mass is 16.6. The third kappa shape index (κ3) is 4.66. The van der Waals surface area contributed by atoms with Gasteiger partial charge < -0.3 is 4.84 Å². The Bertz CT molecular complexity index is 207. The Morgan fingerprint density at radius 2 is 2.08 bits per heavy atom. The van der Waals surface area contributed by atoms with Crippen LogP contribution in [0.2, 0.25) is 0 Å². The van der Waals surface area contributed by atoms with Gasteiger partial charge >= 0.3 is 0 Å². The average Bonchev–Trinajstić information content (AvgIpc) is 1.96. The van der Waals surface area contributed by atoms with Gasteiger partial charge in [-0.1, -0.05) is 17.3 Å². The molecule has 0 amide bonds. The first-order chi connectivity index (χ1) is 5.57. The first kappa shape index (κ1) is 10.9. The van der Waals surface area contributed by atoms with Gasteiger partial charge in [-0.05, 0) is 13.8 Å². The molecular formula is C9H15NO2. The number of carbonyl (C=O) groups is 1. The van der Waals surface area contributed by atoms with E-state index in [1.54, 1.807) is 0 Å². The molecule has 0 aliphatic carbocycles. The summed E-state index contributed by atoms with van der Waals surface area (Å²) in [5.74, 6) is -0.0635. The molecule has 0 aromatic heterocycles. The molecule has 0 N–H and O–H groups in total. The van der Waals surface area contributed by atoms with Crippen molar-refractivity contribution < 1.29 is 9.63 Å². The number of Topliss-reactive ketones (excluding diaryl/α,β-unsaturated/α-hetero) is 1. The molecule has 0 fully saturated rings. The fourth-order valence-electron chi connectivity index (χ4n) is 0.649. The number of oxime groups is 1. The minimum Gasteiger partial charge on any atom is -0.396 e. The fourth-order valence-corrected chi connectivity index (χ4v) is 0.649. The Balaban J connectivity index is 4.22. The van der Waals surface area contributed by atoms with Crippen molar-refractivity contribution in [2.75, 3.05) is 6.61 Å². The van der Waals surface area contributed by atoms with E-state index >= 15 is 0 Å². The molecule has 0 aliphatic rings. The van der Waals surface area contributed by atoms with Crippen LogP contribution in [0.15, 0.2) is 17.3 Å². The van der Waals surface area contributed by atoms with Crippen LogP contribution >= 0.6 is 0 Å². The monoisotopic (exact) mass is 169 g/mol. The first-order valence-electron chi connectivity index (χ1n) is 3.92. The lowest BCUT2D eigenvalue weighted by Crippen LogP contribution is -2.10. The van der Waals surface area contributed by atoms with Crippen LogP contribution in [0.1, 0.15) is 27.2 Å². The quantitative estimate of drug-likeness (QED) is 0.358. The third-order valence-electron chi connectivity index (χ3n) is 1.18. The summed E-state index contributed by atoms with van der Waals surface area (Å²) < 4.78 is 0. The van der Waals surface area contributed by atoms with E-state index in [1.165, 1.54) is 6.92 Å². The van der Waals surface area contributed by atoms with Crippen molar-refractivity contribution in [1.29, 1.82) is 0 Å². The van der Waals surface area contributed by atoms with Gasteiger partial charge in [0.05, 0.1) is 0 Å². The smallest absolute Gasteiger partial charge is 0.177 e. The average molecular weight is 169 g/mol. The van der Waals surface area contributed by atoms with Gasteiger partial charge in [0.15, 0.2) is 5.78 Å². The summed E-state index contributed by atoms with van der Waals surface area (Å²) in [7, 11) is 0. The molecule has 0 aliphatic heterocycles. The summed E-state index contributed by atoms with van der Waals surface area (Å²) in [4.78, 5) is 15.7. The third-order valence-corrected chi connectivity index (χ3v) is 1.18. The molecule has 0 rings (SSSR count). The predicted molar refractivity (Wildman–Crippen MR) is 49.2 cm³/mol. The number of rotatable bonds is 5. The molecular weight excluding hydrogens is 154 g/mol. The topological polar surface area (TPSA) is 38.7 Å². The Kier molecular flexibility index (Phi) is 5.00. The van der Waals surface area contributed by atoms with E-state index in [-0.39, 0.29) is 5.78 Å². The standard InChI is InChI=1S/C9H15NO2/c1-5-12-10-9(8(4)11)6-7(2)3/h2,5-6H2,1,3-4H3. The molecule has 0 saturated heterocycles. The maximum Gasteiger partial charge on any atom is 0.177 e. The van der Waals surface area contributed by atoms with Gasteiger partial charge in [0, 0.05) is 13.3 Å². The molecule has 0 spiro atoms. The van der Waals surface area contributed by atoms with Crippen LogP contribution in [-0.2, 0) is 9.63 Å². The molecule has 12 heavy (non-hydrogen) atoms. The van der Waals surface area contributed by atoms with Crippen molar-refractivity contribution in [3.63, 3.8) is 0 Å². The summed E-state index contributed by atoms with van der Waals surface area (Å²) >= 11 is 0. The van der Waals surface area contributed by atoms with E-state index in [1.807, 2.05) is 13.8 Å². The highest BCUT2D eigenvalue weighted by Crippen LogP contribution is 2.00. The van der Waals surface area contributed by atoms with Gasteiger partial charge in [0.25, 0.3) is 0 Å². The molecule has 0 atom stereocenters. The molecule has 0 saturated carbocycles. The largest absolute Gasteiger partial charge is 0.396 e. The van der Waals surface area contributed by atoms with Crippen molar-refractivity contribution >= 4 is 11.5 Å². The van der Waals surface area contributed by atoms with Crippen LogP contribution in [0.3, 0.4) is 0 Å². The van der Waals surface area contributed by atoms with E-state index in [4.69, 9.17) is 4.84 Å². The summed E-state index contributed by atoms with van der Waals surface area (Å²) in [6, 6.07) is 0. The molecule has 3 nitrogen and oxygen atoms in total. The van der Waals surface area contributed by atoms with Crippen molar-refractivity contribution in [1.82, 2.24) is 0 Å². The molecule has 0 aromatic carbocycles. The summed E-state index contributed by atoms with van der Waals surface area (Å²) in [5.41, 5.74) is 1.34. The van der Waals surface area contributed by atoms with Crippen LogP contribution in [0.25, 0.3) is 0 Å². The molecule has 3 heteroatoms. The summed E-state index contributed by atoms with van der Waals surface area (Å²) in [6.45, 7) is 9.32. The molecule has 0 radical (unpaired) electrons. The predicted octanol–water partition coefficient (Wildman–Crippen LogP) is 1.93. The Morgan fingerprint density at radius 1 is 1.50 bits per heavy atom. The Morgan fingerprint density at radius 3 is 2.42 bits per heavy atom. The lowest BCUT2D eigenvalue weighted by Gasteiger charge is -2.00. The lowest BCUT2D eigenvalue weighted by molar-refractivity contribution is -0.111. The van der Waals surface area contributed by atoms with Crippen molar-refractivity contribution in [2.45, 2.75) is 27.2 Å². The zero-order chi connectivity index (χ0) is 9.56. The van der Waals surface area contributed by atoms with Gasteiger partial charge in [-0.3, -0.25) is 4.79 Å². The molecule has 0 heterocycles. The van der Waals surface area contributed by atoms with E-state index in [0.29, 0.717) is 18.7 Å². The zero-order valence-corrected chi connectivity index (χ0v) is 7.89. The number of nitrogens with zero attached hydrogens (tertiary/aromatic N) is 1. The van der Waals surface area contributed by atoms with E-state index in [9.17, 15) is 4.79 Å². The number of hydrogen-bond acceptors (Lipinski definition) is 3. The first-order valence-corrected chi connectivity index (χ1v) is 3.92. The highest BCUT2D eigenvalue weighted by molar-refractivity contribution is 6.39. The SMILES string of the molecule is C=C(C)CC(=NOCC)C(C)=O. The van der Waals surface area contributed by atoms with E-state index in [0.717, 1.165) is 5.57 Å². The molecule has 0 aromatic rings.